The third-order valence-electron chi connectivity index (χ3n) is 8.52. The molecule has 11 nitrogen and oxygen atoms in total. The molecule has 3 aliphatic heterocycles. The molecule has 11 heteroatoms. The fourth-order valence-electron chi connectivity index (χ4n) is 6.54. The van der Waals surface area contributed by atoms with Crippen LogP contribution in [0.25, 0.3) is 0 Å². The van der Waals surface area contributed by atoms with Gasteiger partial charge in [0.1, 0.15) is 5.76 Å². The molecule has 2 N–H and O–H groups in total. The van der Waals surface area contributed by atoms with Gasteiger partial charge in [-0.1, -0.05) is 0 Å². The molecule has 0 aromatic heterocycles. The van der Waals surface area contributed by atoms with Gasteiger partial charge in [-0.3, -0.25) is 9.59 Å². The summed E-state index contributed by atoms with van der Waals surface area (Å²) < 4.78 is 27.8. The largest absolute Gasteiger partial charge is 0.497 e. The molecule has 1 aliphatic carbocycles. The van der Waals surface area contributed by atoms with E-state index in [0.29, 0.717) is 49.5 Å². The molecule has 1 spiro atoms. The Labute approximate surface area is 233 Å². The Hall–Kier alpha value is -3.31. The third kappa shape index (κ3) is 4.89. The highest BCUT2D eigenvalue weighted by Crippen LogP contribution is 2.56. The minimum Gasteiger partial charge on any atom is -0.497 e. The van der Waals surface area contributed by atoms with Gasteiger partial charge in [-0.25, -0.2) is 4.79 Å². The zero-order valence-electron chi connectivity index (χ0n) is 23.4. The lowest BCUT2D eigenvalue weighted by atomic mass is 9.77. The molecular weight excluding hydrogens is 522 g/mol. The normalized spacial score (nSPS) is 26.2. The number of rotatable bonds is 9. The molecule has 1 aromatic carbocycles. The predicted octanol–water partition coefficient (Wildman–Crippen LogP) is 2.11. The molecule has 0 bridgehead atoms. The monoisotopic (exact) mass is 559 g/mol. The first-order valence-corrected chi connectivity index (χ1v) is 13.6. The number of nitrogens with zero attached hydrogens (tertiary/aromatic N) is 1. The lowest BCUT2D eigenvalue weighted by molar-refractivity contribution is -0.178. The quantitative estimate of drug-likeness (QED) is 0.432. The van der Waals surface area contributed by atoms with Gasteiger partial charge < -0.3 is 38.8 Å². The summed E-state index contributed by atoms with van der Waals surface area (Å²) in [7, 11) is 2.65. The van der Waals surface area contributed by atoms with E-state index in [1.165, 1.54) is 14.2 Å². The fourth-order valence-corrected chi connectivity index (χ4v) is 6.54. The van der Waals surface area contributed by atoms with Crippen LogP contribution in [-0.2, 0) is 35.0 Å². The van der Waals surface area contributed by atoms with Crippen molar-refractivity contribution >= 4 is 17.8 Å². The highest BCUT2D eigenvalue weighted by Gasteiger charge is 2.61. The van der Waals surface area contributed by atoms with E-state index in [4.69, 9.17) is 23.7 Å². The van der Waals surface area contributed by atoms with Crippen molar-refractivity contribution in [1.29, 1.82) is 0 Å². The van der Waals surface area contributed by atoms with Gasteiger partial charge in [0.15, 0.2) is 23.2 Å². The number of methoxy groups -OCH3 is 2. The molecule has 1 fully saturated rings. The summed E-state index contributed by atoms with van der Waals surface area (Å²) in [5.41, 5.74) is -2.22. The lowest BCUT2D eigenvalue weighted by Crippen LogP contribution is -2.50. The topological polar surface area (TPSA) is 141 Å². The summed E-state index contributed by atoms with van der Waals surface area (Å²) in [5.74, 6) is -0.757. The van der Waals surface area contributed by atoms with Crippen LogP contribution < -0.4 is 9.47 Å². The molecule has 0 radical (unpaired) electrons. The number of benzene rings is 1. The lowest BCUT2D eigenvalue weighted by Gasteiger charge is -2.39. The zero-order valence-corrected chi connectivity index (χ0v) is 23.4. The van der Waals surface area contributed by atoms with E-state index in [1.807, 2.05) is 23.1 Å². The average molecular weight is 560 g/mol. The van der Waals surface area contributed by atoms with Crippen LogP contribution in [0.4, 0.5) is 0 Å². The second-order valence-electron chi connectivity index (χ2n) is 11.7. The number of amides is 1. The van der Waals surface area contributed by atoms with Crippen LogP contribution in [0.3, 0.4) is 0 Å². The maximum absolute atomic E-state index is 13.8. The number of ether oxygens (including phenoxy) is 5. The van der Waals surface area contributed by atoms with E-state index >= 15 is 0 Å². The molecule has 5 rings (SSSR count). The van der Waals surface area contributed by atoms with E-state index in [2.05, 4.69) is 0 Å². The Balaban J connectivity index is 1.53. The fraction of sp³-hybridized carbons (Fsp3) is 0.621. The van der Waals surface area contributed by atoms with Crippen molar-refractivity contribution in [2.24, 2.45) is 0 Å². The molecule has 0 unspecified atom stereocenters. The van der Waals surface area contributed by atoms with Crippen LogP contribution >= 0.6 is 0 Å². The van der Waals surface area contributed by atoms with Gasteiger partial charge in [0, 0.05) is 13.0 Å². The van der Waals surface area contributed by atoms with Crippen molar-refractivity contribution in [3.63, 3.8) is 0 Å². The van der Waals surface area contributed by atoms with E-state index in [-0.39, 0.29) is 25.5 Å². The van der Waals surface area contributed by atoms with Gasteiger partial charge in [0.05, 0.1) is 37.7 Å². The van der Waals surface area contributed by atoms with Crippen LogP contribution in [0, 0.1) is 0 Å². The summed E-state index contributed by atoms with van der Waals surface area (Å²) >= 11 is 0. The summed E-state index contributed by atoms with van der Waals surface area (Å²) in [6.07, 6.45) is 2.12. The summed E-state index contributed by atoms with van der Waals surface area (Å²) in [6, 6.07) is 3.79. The Bertz CT molecular complexity index is 1240. The average Bonchev–Trinajstić information content (AvgIpc) is 3.54. The van der Waals surface area contributed by atoms with Gasteiger partial charge in [-0.05, 0) is 75.3 Å². The van der Waals surface area contributed by atoms with Gasteiger partial charge >= 0.3 is 11.9 Å². The van der Waals surface area contributed by atoms with E-state index in [1.54, 1.807) is 13.8 Å². The van der Waals surface area contributed by atoms with Crippen LogP contribution in [0.2, 0.25) is 0 Å². The number of esters is 2. The Kier molecular flexibility index (Phi) is 7.24. The second-order valence-corrected chi connectivity index (χ2v) is 11.7. The van der Waals surface area contributed by atoms with Crippen molar-refractivity contribution in [2.45, 2.75) is 87.6 Å². The van der Waals surface area contributed by atoms with Crippen LogP contribution in [-0.4, -0.2) is 83.4 Å². The number of fused-ring (bicyclic) bond motifs is 3. The highest BCUT2D eigenvalue weighted by molar-refractivity contribution is 5.86. The Morgan fingerprint density at radius 2 is 1.85 bits per heavy atom. The molecular formula is C29H37NO10. The first-order valence-electron chi connectivity index (χ1n) is 13.6. The minimum absolute atomic E-state index is 0.00495. The number of carbonyl (C=O) groups is 3. The van der Waals surface area contributed by atoms with E-state index in [9.17, 15) is 24.6 Å². The van der Waals surface area contributed by atoms with E-state index in [0.717, 1.165) is 11.1 Å². The van der Waals surface area contributed by atoms with Gasteiger partial charge in [0.25, 0.3) is 0 Å². The second kappa shape index (κ2) is 10.3. The Morgan fingerprint density at radius 1 is 1.12 bits per heavy atom. The minimum atomic E-state index is -2.19. The molecule has 3 heterocycles. The van der Waals surface area contributed by atoms with Crippen LogP contribution in [0.15, 0.2) is 24.0 Å². The van der Waals surface area contributed by atoms with Crippen molar-refractivity contribution < 1.29 is 48.3 Å². The maximum atomic E-state index is 13.8. The van der Waals surface area contributed by atoms with Crippen molar-refractivity contribution in [1.82, 2.24) is 4.90 Å². The number of aliphatic hydroxyl groups is 2. The molecule has 218 valence electrons. The van der Waals surface area contributed by atoms with Gasteiger partial charge in [-0.2, -0.15) is 0 Å². The number of hydrogen-bond donors (Lipinski definition) is 2. The predicted molar refractivity (Wildman–Crippen MR) is 139 cm³/mol. The molecule has 40 heavy (non-hydrogen) atoms. The first kappa shape index (κ1) is 28.2. The summed E-state index contributed by atoms with van der Waals surface area (Å²) in [6.45, 7) is 3.83. The molecule has 1 amide bonds. The molecule has 1 saturated heterocycles. The molecule has 1 aromatic rings. The van der Waals surface area contributed by atoms with Crippen molar-refractivity contribution in [2.75, 3.05) is 27.6 Å². The zero-order chi connectivity index (χ0) is 28.9. The van der Waals surface area contributed by atoms with Crippen molar-refractivity contribution in [3.05, 3.63) is 35.1 Å². The molecule has 0 saturated carbocycles. The smallest absolute Gasteiger partial charge is 0.339 e. The number of carbonyl (C=O) groups excluding carboxylic acids is 3. The van der Waals surface area contributed by atoms with Crippen molar-refractivity contribution in [3.8, 4) is 11.5 Å². The summed E-state index contributed by atoms with van der Waals surface area (Å²) in [5, 5.41) is 21.6. The SMILES string of the molecule is COC(=O)C[C@](O)(CCCC(C)(C)O)C(=O)O[C@@H]1C(OC)=C[C@]23CCC(=O)N2CCc2cc4c(cc2[C@H]13)OCO4. The van der Waals surface area contributed by atoms with Crippen LogP contribution in [0.5, 0.6) is 11.5 Å². The summed E-state index contributed by atoms with van der Waals surface area (Å²) in [4.78, 5) is 40.9. The van der Waals surface area contributed by atoms with E-state index < -0.39 is 47.1 Å². The maximum Gasteiger partial charge on any atom is 0.339 e. The third-order valence-corrected chi connectivity index (χ3v) is 8.52. The molecule has 4 atom stereocenters. The van der Waals surface area contributed by atoms with Gasteiger partial charge in [-0.15, -0.1) is 0 Å². The standard InChI is InChI=1S/C29H37NO10/c1-27(2,34)8-5-9-29(35,15-23(32)37-4)26(33)40-25-21(36-3)14-28-10-6-22(31)30(28)11-7-17-12-19-20(39-16-38-19)13-18(17)24(25)28/h12-14,24-25,34-35H,5-11,15-16H2,1-4H3/t24-,25-,28+,29-/m1/s1. The van der Waals surface area contributed by atoms with Gasteiger partial charge in [0.2, 0.25) is 12.7 Å². The Morgan fingerprint density at radius 3 is 2.52 bits per heavy atom. The first-order chi connectivity index (χ1) is 18.9. The number of hydrogen-bond acceptors (Lipinski definition) is 10. The van der Waals surface area contributed by atoms with Crippen LogP contribution in [0.1, 0.15) is 69.4 Å². The highest BCUT2D eigenvalue weighted by atomic mass is 16.7. The molecule has 4 aliphatic rings.